The average molecular weight is 524 g/mol. The summed E-state index contributed by atoms with van der Waals surface area (Å²) in [5, 5.41) is 9.02. The van der Waals surface area contributed by atoms with Gasteiger partial charge in [-0.25, -0.2) is 5.43 Å². The summed E-state index contributed by atoms with van der Waals surface area (Å²) >= 11 is 0. The zero-order valence-corrected chi connectivity index (χ0v) is 21.7. The Bertz CT molecular complexity index is 1520. The molecule has 0 fully saturated rings. The molecule has 0 radical (unpaired) electrons. The van der Waals surface area contributed by atoms with Gasteiger partial charge in [-0.05, 0) is 46.5 Å². The Morgan fingerprint density at radius 2 is 1.72 bits per heavy atom. The van der Waals surface area contributed by atoms with Gasteiger partial charge in [0.1, 0.15) is 18.4 Å². The maximum Gasteiger partial charge on any atom is 0.262 e. The predicted octanol–water partition coefficient (Wildman–Crippen LogP) is 5.05. The lowest BCUT2D eigenvalue weighted by Crippen LogP contribution is -2.48. The summed E-state index contributed by atoms with van der Waals surface area (Å²) in [7, 11) is 0. The number of nitrogens with zero attached hydrogens (tertiary/aromatic N) is 1. The summed E-state index contributed by atoms with van der Waals surface area (Å²) < 4.78 is 16.8. The molecule has 0 bridgehead atoms. The van der Waals surface area contributed by atoms with E-state index in [1.807, 2.05) is 80.6 Å². The van der Waals surface area contributed by atoms with Gasteiger partial charge in [-0.3, -0.25) is 9.59 Å². The number of fused-ring (bicyclic) bond motifs is 2. The lowest BCUT2D eigenvalue weighted by molar-refractivity contribution is -0.123. The number of rotatable bonds is 9. The number of amides is 2. The summed E-state index contributed by atoms with van der Waals surface area (Å²) in [4.78, 5) is 26.0. The van der Waals surface area contributed by atoms with Crippen molar-refractivity contribution in [3.63, 3.8) is 0 Å². The van der Waals surface area contributed by atoms with Crippen LogP contribution in [-0.2, 0) is 11.4 Å². The molecule has 198 valence electrons. The highest BCUT2D eigenvalue weighted by molar-refractivity contribution is 6.03. The highest BCUT2D eigenvalue weighted by Gasteiger charge is 2.25. The van der Waals surface area contributed by atoms with Crippen LogP contribution < -0.4 is 25.0 Å². The number of hydrogen-bond acceptors (Lipinski definition) is 6. The number of benzene rings is 4. The third-order valence-electron chi connectivity index (χ3n) is 6.41. The molecule has 1 unspecified atom stereocenters. The van der Waals surface area contributed by atoms with Crippen molar-refractivity contribution in [1.82, 2.24) is 10.7 Å². The summed E-state index contributed by atoms with van der Waals surface area (Å²) in [5.41, 5.74) is 4.75. The highest BCUT2D eigenvalue weighted by atomic mass is 16.7. The van der Waals surface area contributed by atoms with E-state index in [9.17, 15) is 9.59 Å². The number of hydrazone groups is 1. The molecular formula is C31H29N3O5. The highest BCUT2D eigenvalue weighted by Crippen LogP contribution is 2.32. The fraction of sp³-hybridized carbons (Fsp3) is 0.194. The van der Waals surface area contributed by atoms with Crippen LogP contribution in [0.15, 0.2) is 90.0 Å². The van der Waals surface area contributed by atoms with Crippen LogP contribution in [0.3, 0.4) is 0 Å². The van der Waals surface area contributed by atoms with Crippen molar-refractivity contribution < 1.29 is 23.8 Å². The van der Waals surface area contributed by atoms with E-state index in [1.165, 1.54) is 0 Å². The van der Waals surface area contributed by atoms with E-state index in [4.69, 9.17) is 14.2 Å². The van der Waals surface area contributed by atoms with Gasteiger partial charge in [0.05, 0.1) is 6.21 Å². The molecule has 0 aromatic heterocycles. The lowest BCUT2D eigenvalue weighted by atomic mass is 10.0. The SMILES string of the molecule is CC(C)C(NC(=O)c1ccc2c(c1)OCO2)C(=O)N/N=C/c1c(OCc2ccccc2)ccc2ccccc12. The Morgan fingerprint density at radius 1 is 0.949 bits per heavy atom. The summed E-state index contributed by atoms with van der Waals surface area (Å²) in [5.74, 6) is 0.726. The van der Waals surface area contributed by atoms with Crippen LogP contribution in [0.4, 0.5) is 0 Å². The molecule has 5 rings (SSSR count). The van der Waals surface area contributed by atoms with Gasteiger partial charge in [0.15, 0.2) is 11.5 Å². The molecule has 0 aliphatic carbocycles. The molecule has 2 N–H and O–H groups in total. The fourth-order valence-corrected chi connectivity index (χ4v) is 4.30. The van der Waals surface area contributed by atoms with Crippen molar-refractivity contribution in [3.8, 4) is 17.2 Å². The smallest absolute Gasteiger partial charge is 0.262 e. The van der Waals surface area contributed by atoms with Crippen molar-refractivity contribution in [1.29, 1.82) is 0 Å². The van der Waals surface area contributed by atoms with Crippen LogP contribution in [0, 0.1) is 5.92 Å². The van der Waals surface area contributed by atoms with Gasteiger partial charge >= 0.3 is 0 Å². The number of nitrogens with one attached hydrogen (secondary N) is 2. The van der Waals surface area contributed by atoms with Gasteiger partial charge in [0.2, 0.25) is 6.79 Å². The van der Waals surface area contributed by atoms with Crippen molar-refractivity contribution in [2.75, 3.05) is 6.79 Å². The van der Waals surface area contributed by atoms with E-state index in [0.717, 1.165) is 21.9 Å². The first-order chi connectivity index (χ1) is 19.0. The van der Waals surface area contributed by atoms with Gasteiger partial charge < -0.3 is 19.5 Å². The van der Waals surface area contributed by atoms with E-state index < -0.39 is 17.9 Å². The molecule has 0 saturated heterocycles. The second-order valence-corrected chi connectivity index (χ2v) is 9.47. The first kappa shape index (κ1) is 25.8. The van der Waals surface area contributed by atoms with Gasteiger partial charge in [0.25, 0.3) is 11.8 Å². The summed E-state index contributed by atoms with van der Waals surface area (Å²) in [6, 6.07) is 25.8. The fourth-order valence-electron chi connectivity index (χ4n) is 4.30. The third-order valence-corrected chi connectivity index (χ3v) is 6.41. The van der Waals surface area contributed by atoms with E-state index in [1.54, 1.807) is 24.4 Å². The summed E-state index contributed by atoms with van der Waals surface area (Å²) in [6.07, 6.45) is 1.58. The van der Waals surface area contributed by atoms with Crippen LogP contribution in [0.1, 0.15) is 35.3 Å². The number of ether oxygens (including phenoxy) is 3. The second kappa shape index (κ2) is 11.7. The Morgan fingerprint density at radius 3 is 2.54 bits per heavy atom. The number of carbonyl (C=O) groups is 2. The minimum absolute atomic E-state index is 0.116. The molecule has 4 aromatic carbocycles. The van der Waals surface area contributed by atoms with Crippen molar-refractivity contribution >= 4 is 28.8 Å². The molecule has 8 nitrogen and oxygen atoms in total. The quantitative estimate of drug-likeness (QED) is 0.236. The normalized spacial score (nSPS) is 13.0. The van der Waals surface area contributed by atoms with Crippen LogP contribution >= 0.6 is 0 Å². The number of carbonyl (C=O) groups excluding carboxylic acids is 2. The molecule has 0 spiro atoms. The lowest BCUT2D eigenvalue weighted by Gasteiger charge is -2.20. The predicted molar refractivity (Wildman–Crippen MR) is 149 cm³/mol. The molecule has 2 amide bonds. The number of hydrogen-bond donors (Lipinski definition) is 2. The van der Waals surface area contributed by atoms with Crippen molar-refractivity contribution in [2.45, 2.75) is 26.5 Å². The second-order valence-electron chi connectivity index (χ2n) is 9.47. The zero-order valence-electron chi connectivity index (χ0n) is 21.7. The average Bonchev–Trinajstić information content (AvgIpc) is 3.43. The first-order valence-corrected chi connectivity index (χ1v) is 12.7. The molecule has 1 aliphatic heterocycles. The largest absolute Gasteiger partial charge is 0.488 e. The molecule has 0 saturated carbocycles. The third kappa shape index (κ3) is 6.01. The Hall–Kier alpha value is -4.85. The van der Waals surface area contributed by atoms with E-state index in [2.05, 4.69) is 15.8 Å². The summed E-state index contributed by atoms with van der Waals surface area (Å²) in [6.45, 7) is 4.22. The standard InChI is InChI=1S/C31H29N3O5/c1-20(2)29(33-30(35)23-13-15-27-28(16-23)39-19-38-27)31(36)34-32-17-25-24-11-7-6-10-22(24)12-14-26(25)37-18-21-8-4-3-5-9-21/h3-17,20,29H,18-19H2,1-2H3,(H,33,35)(H,34,36)/b32-17+. The minimum atomic E-state index is -0.804. The first-order valence-electron chi connectivity index (χ1n) is 12.7. The van der Waals surface area contributed by atoms with Gasteiger partial charge in [-0.15, -0.1) is 0 Å². The monoisotopic (exact) mass is 523 g/mol. The molecule has 1 aliphatic rings. The maximum absolute atomic E-state index is 13.1. The molecule has 1 atom stereocenters. The maximum atomic E-state index is 13.1. The molecule has 39 heavy (non-hydrogen) atoms. The minimum Gasteiger partial charge on any atom is -0.488 e. The zero-order chi connectivity index (χ0) is 27.2. The molecule has 1 heterocycles. The molecular weight excluding hydrogens is 494 g/mol. The van der Waals surface area contributed by atoms with Crippen LogP contribution in [-0.4, -0.2) is 30.9 Å². The van der Waals surface area contributed by atoms with Crippen LogP contribution in [0.5, 0.6) is 17.2 Å². The van der Waals surface area contributed by atoms with E-state index in [0.29, 0.717) is 29.4 Å². The van der Waals surface area contributed by atoms with Crippen molar-refractivity contribution in [3.05, 3.63) is 102 Å². The van der Waals surface area contributed by atoms with Crippen LogP contribution in [0.25, 0.3) is 10.8 Å². The Balaban J connectivity index is 1.31. The van der Waals surface area contributed by atoms with E-state index >= 15 is 0 Å². The van der Waals surface area contributed by atoms with Gasteiger partial charge in [-0.2, -0.15) is 5.10 Å². The van der Waals surface area contributed by atoms with Gasteiger partial charge in [0, 0.05) is 11.1 Å². The van der Waals surface area contributed by atoms with E-state index in [-0.39, 0.29) is 12.7 Å². The topological polar surface area (TPSA) is 98.2 Å². The van der Waals surface area contributed by atoms with Crippen LogP contribution in [0.2, 0.25) is 0 Å². The van der Waals surface area contributed by atoms with Crippen molar-refractivity contribution in [2.24, 2.45) is 11.0 Å². The van der Waals surface area contributed by atoms with Gasteiger partial charge in [-0.1, -0.05) is 74.5 Å². The molecule has 8 heteroatoms. The molecule has 4 aromatic rings. The Labute approximate surface area is 226 Å². The Kier molecular flexibility index (Phi) is 7.73.